The zero-order chi connectivity index (χ0) is 55.9. The molecule has 3 aliphatic heterocycles. The fourth-order valence-corrected chi connectivity index (χ4v) is 11.2. The summed E-state index contributed by atoms with van der Waals surface area (Å²) < 4.78 is 35.6. The number of piperidine rings is 1. The molecule has 0 spiro atoms. The van der Waals surface area contributed by atoms with Crippen LogP contribution in [0.5, 0.6) is 0 Å². The van der Waals surface area contributed by atoms with Gasteiger partial charge < -0.3 is 49.3 Å². The van der Waals surface area contributed by atoms with Crippen LogP contribution in [-0.2, 0) is 52.4 Å². The summed E-state index contributed by atoms with van der Waals surface area (Å²) in [7, 11) is 4.47. The van der Waals surface area contributed by atoms with Gasteiger partial charge in [0.25, 0.3) is 11.7 Å². The predicted molar refractivity (Wildman–Crippen MR) is 287 cm³/mol. The number of nitrogens with zero attached hydrogens (tertiary/aromatic N) is 2. The first-order valence-electron chi connectivity index (χ1n) is 27.2. The van der Waals surface area contributed by atoms with Crippen molar-refractivity contribution < 1.29 is 67.4 Å². The highest BCUT2D eigenvalue weighted by atomic mass is 16.6. The summed E-state index contributed by atoms with van der Waals surface area (Å²) in [6, 6.07) is 7.67. The van der Waals surface area contributed by atoms with E-state index >= 15 is 0 Å². The Balaban J connectivity index is 1.43. The van der Waals surface area contributed by atoms with E-state index in [1.165, 1.54) is 19.1 Å². The molecular formula is C59H85N3O14. The topological polar surface area (TPSA) is 240 Å². The molecule has 1 saturated carbocycles. The van der Waals surface area contributed by atoms with Gasteiger partial charge in [0.15, 0.2) is 5.78 Å². The number of nitrogens with two attached hydrogens (primary N) is 1. The number of aliphatic hydroxyl groups excluding tert-OH is 1. The number of fused-ring (bicyclic) bond motifs is 3. The lowest BCUT2D eigenvalue weighted by Gasteiger charge is -2.42. The summed E-state index contributed by atoms with van der Waals surface area (Å²) in [5, 5.41) is 23.6. The molecule has 0 unspecified atom stereocenters. The highest BCUT2D eigenvalue weighted by Gasteiger charge is 2.53. The van der Waals surface area contributed by atoms with E-state index < -0.39 is 102 Å². The van der Waals surface area contributed by atoms with Crippen LogP contribution in [0.3, 0.4) is 0 Å². The maximum Gasteiger partial charge on any atom is 0.435 e. The number of methoxy groups -OCH3 is 3. The Hall–Kier alpha value is -5.17. The van der Waals surface area contributed by atoms with Crippen molar-refractivity contribution in [2.45, 2.75) is 180 Å². The molecule has 1 aromatic carbocycles. The fraction of sp³-hybridized carbons (Fsp3) is 0.644. The van der Waals surface area contributed by atoms with Crippen molar-refractivity contribution >= 4 is 41.2 Å². The van der Waals surface area contributed by atoms with E-state index in [0.29, 0.717) is 75.3 Å². The molecule has 420 valence electrons. The highest BCUT2D eigenvalue weighted by molar-refractivity contribution is 6.39. The molecule has 2 saturated heterocycles. The molecule has 4 N–H and O–H groups in total. The lowest BCUT2D eigenvalue weighted by atomic mass is 9.78. The summed E-state index contributed by atoms with van der Waals surface area (Å²) in [4.78, 5) is 89.5. The Morgan fingerprint density at radius 3 is 2.28 bits per heavy atom. The highest BCUT2D eigenvalue weighted by Crippen LogP contribution is 2.38. The van der Waals surface area contributed by atoms with Crippen LogP contribution in [0.4, 0.5) is 4.79 Å². The number of carbonyl (C=O) groups is 6. The van der Waals surface area contributed by atoms with Crippen molar-refractivity contribution in [2.75, 3.05) is 27.9 Å². The van der Waals surface area contributed by atoms with Gasteiger partial charge in [0.2, 0.25) is 5.79 Å². The van der Waals surface area contributed by atoms with Gasteiger partial charge >= 0.3 is 12.1 Å². The van der Waals surface area contributed by atoms with E-state index in [-0.39, 0.29) is 48.6 Å². The lowest BCUT2D eigenvalue weighted by Crippen LogP contribution is -2.61. The molecule has 3 heterocycles. The van der Waals surface area contributed by atoms with E-state index in [1.807, 2.05) is 57.2 Å². The number of cyclic esters (lactones) is 1. The van der Waals surface area contributed by atoms with Crippen LogP contribution in [0.2, 0.25) is 0 Å². The number of aliphatic imine (C=N–C) groups is 1. The molecule has 0 radical (unpaired) electrons. The molecule has 17 nitrogen and oxygen atoms in total. The average Bonchev–Trinajstić information content (AvgIpc) is 3.40. The number of Topliss-reactive ketones (excluding diaryl/α,β-unsaturated/α-hetero) is 3. The standard InChI is InChI=1S/C59H85N3O14/c1-35-19-13-11-14-20-36(2)48(71-8)33-44-26-24-41(7)59(70,76-44)54(66)56(67)62-28-18-17-23-45(62)57(68)74-49(34-46(63)37(3)30-40(6)52(65)53(73-10)51(64)39(5)29-35)38(4)31-42-25-27-47(50(32-42)72-9)75-58(69)61-55(60)43-21-15-12-16-22-43/h11-16,19-22,30,35,37-39,41-42,44-45,47-50,52-53,65,70H,17-18,23-29,31-34H2,1-10H3,(H2,60,61,69)/b14-11+,19-13-,36-20+,40-30+/t35-,37-,38-,39-,41-,42+,44+,45+,47-,48+,49+,50-,52-,53+,59-/m1/s1. The molecule has 1 aliphatic carbocycles. The average molecular weight is 1060 g/mol. The van der Waals surface area contributed by atoms with Gasteiger partial charge in [-0.25, -0.2) is 9.59 Å². The van der Waals surface area contributed by atoms with Crippen molar-refractivity contribution in [2.24, 2.45) is 46.2 Å². The molecule has 1 aromatic rings. The van der Waals surface area contributed by atoms with Gasteiger partial charge in [0.05, 0.1) is 18.3 Å². The Morgan fingerprint density at radius 2 is 1.59 bits per heavy atom. The van der Waals surface area contributed by atoms with E-state index in [1.54, 1.807) is 65.1 Å². The number of aliphatic hydroxyl groups is 2. The summed E-state index contributed by atoms with van der Waals surface area (Å²) in [5.74, 6) is -8.48. The molecule has 3 fully saturated rings. The Morgan fingerprint density at radius 1 is 0.868 bits per heavy atom. The van der Waals surface area contributed by atoms with Gasteiger partial charge in [-0.15, -0.1) is 0 Å². The number of allylic oxidation sites excluding steroid dienone is 6. The van der Waals surface area contributed by atoms with E-state index in [4.69, 9.17) is 34.2 Å². The number of benzene rings is 1. The van der Waals surface area contributed by atoms with Gasteiger partial charge in [-0.1, -0.05) is 101 Å². The van der Waals surface area contributed by atoms with Gasteiger partial charge in [0.1, 0.15) is 42.1 Å². The Labute approximate surface area is 449 Å². The zero-order valence-corrected chi connectivity index (χ0v) is 46.4. The van der Waals surface area contributed by atoms with E-state index in [9.17, 15) is 39.0 Å². The number of amides is 2. The number of hydrogen-bond donors (Lipinski definition) is 3. The molecule has 15 atom stereocenters. The van der Waals surface area contributed by atoms with Crippen molar-refractivity contribution in [1.82, 2.24) is 4.90 Å². The molecule has 2 amide bonds. The molecule has 2 bridgehead atoms. The van der Waals surface area contributed by atoms with Crippen LogP contribution in [0.1, 0.15) is 131 Å². The van der Waals surface area contributed by atoms with Crippen molar-refractivity contribution in [3.05, 3.63) is 83.5 Å². The first-order chi connectivity index (χ1) is 36.1. The molecule has 4 aliphatic rings. The number of carbonyl (C=O) groups excluding carboxylic acids is 6. The van der Waals surface area contributed by atoms with Crippen LogP contribution in [0, 0.1) is 35.5 Å². The minimum absolute atomic E-state index is 0.00302. The zero-order valence-electron chi connectivity index (χ0n) is 46.4. The van der Waals surface area contributed by atoms with Crippen LogP contribution < -0.4 is 5.73 Å². The molecule has 76 heavy (non-hydrogen) atoms. The summed E-state index contributed by atoms with van der Waals surface area (Å²) in [6.07, 6.45) is 9.25. The third kappa shape index (κ3) is 16.4. The number of esters is 1. The van der Waals surface area contributed by atoms with E-state index in [2.05, 4.69) is 4.99 Å². The second-order valence-corrected chi connectivity index (χ2v) is 21.8. The number of rotatable bonds is 8. The van der Waals surface area contributed by atoms with Crippen LogP contribution in [0.25, 0.3) is 0 Å². The number of ketones is 3. The SMILES string of the molecule is CO[C@H]1C[C@@H]2CC[C@@H](C)[C@@](O)(O2)C(=O)C(=O)N2CCCC[C@H]2C(=O)O[C@H]([C@H](C)C[C@@H]2CC[C@@H](OC(=O)/N=C(/N)c3ccccc3)[C@H](OC)C2)CC(=O)[C@H](C)/C=C(\C)[C@@H](O)[C@@H](OC)C(=O)[C@H](C)C[C@H](C)\C=C/C=C/C=C/1C. The molecular weight excluding hydrogens is 975 g/mol. The second kappa shape index (κ2) is 29.0. The summed E-state index contributed by atoms with van der Waals surface area (Å²) in [5.41, 5.74) is 7.89. The summed E-state index contributed by atoms with van der Waals surface area (Å²) in [6.45, 7) is 12.6. The van der Waals surface area contributed by atoms with Gasteiger partial charge in [-0.05, 0) is 107 Å². The maximum atomic E-state index is 14.6. The fourth-order valence-electron chi connectivity index (χ4n) is 11.2. The largest absolute Gasteiger partial charge is 0.460 e. The number of hydrogen-bond acceptors (Lipinski definition) is 14. The van der Waals surface area contributed by atoms with Gasteiger partial charge in [-0.2, -0.15) is 4.99 Å². The second-order valence-electron chi connectivity index (χ2n) is 21.8. The van der Waals surface area contributed by atoms with Crippen molar-refractivity contribution in [3.8, 4) is 0 Å². The molecule has 5 rings (SSSR count). The van der Waals surface area contributed by atoms with Gasteiger partial charge in [-0.3, -0.25) is 19.2 Å². The normalized spacial score (nSPS) is 36.4. The third-order valence-corrected chi connectivity index (χ3v) is 16.0. The third-order valence-electron chi connectivity index (χ3n) is 16.0. The molecule has 17 heteroatoms. The number of amidine groups is 1. The van der Waals surface area contributed by atoms with Crippen molar-refractivity contribution in [3.63, 3.8) is 0 Å². The quantitative estimate of drug-likeness (QED) is 0.0742. The monoisotopic (exact) mass is 1060 g/mol. The minimum Gasteiger partial charge on any atom is -0.460 e. The lowest BCUT2D eigenvalue weighted by molar-refractivity contribution is -0.265. The predicted octanol–water partition coefficient (Wildman–Crippen LogP) is 7.73. The van der Waals surface area contributed by atoms with E-state index in [0.717, 1.165) is 5.57 Å². The Bertz CT molecular complexity index is 2310. The van der Waals surface area contributed by atoms with Crippen LogP contribution in [0.15, 0.2) is 82.9 Å². The number of ether oxygens (including phenoxy) is 6. The summed E-state index contributed by atoms with van der Waals surface area (Å²) >= 11 is 0. The van der Waals surface area contributed by atoms with Gasteiger partial charge in [0, 0.05) is 64.0 Å². The molecule has 0 aromatic heterocycles. The van der Waals surface area contributed by atoms with Crippen LogP contribution >= 0.6 is 0 Å². The first kappa shape index (κ1) is 61.7. The maximum absolute atomic E-state index is 14.6. The first-order valence-corrected chi connectivity index (χ1v) is 27.2. The Kier molecular flexibility index (Phi) is 23.5. The van der Waals surface area contributed by atoms with Crippen LogP contribution in [-0.4, -0.2) is 139 Å². The minimum atomic E-state index is -2.46. The smallest absolute Gasteiger partial charge is 0.435 e. The van der Waals surface area contributed by atoms with Crippen molar-refractivity contribution in [1.29, 1.82) is 0 Å².